The summed E-state index contributed by atoms with van der Waals surface area (Å²) in [4.78, 5) is 0. The van der Waals surface area contributed by atoms with Crippen molar-refractivity contribution >= 4 is 0 Å². The van der Waals surface area contributed by atoms with Gasteiger partial charge in [0.05, 0.1) is 0 Å². The third-order valence-corrected chi connectivity index (χ3v) is 4.37. The summed E-state index contributed by atoms with van der Waals surface area (Å²) in [7, 11) is 0. The molecule has 118 valence electrons. The molecule has 2 N–H and O–H groups in total. The average Bonchev–Trinajstić information content (AvgIpc) is 2.83. The number of halogens is 2. The van der Waals surface area contributed by atoms with Gasteiger partial charge in [0.2, 0.25) is 0 Å². The van der Waals surface area contributed by atoms with Gasteiger partial charge in [-0.1, -0.05) is 12.1 Å². The lowest BCUT2D eigenvalue weighted by Gasteiger charge is -2.32. The lowest BCUT2D eigenvalue weighted by Crippen LogP contribution is -2.20. The lowest BCUT2D eigenvalue weighted by molar-refractivity contribution is 0.0514. The highest BCUT2D eigenvalue weighted by molar-refractivity contribution is 5.53. The molecule has 1 aliphatic heterocycles. The van der Waals surface area contributed by atoms with Gasteiger partial charge in [-0.05, 0) is 47.5 Å². The van der Waals surface area contributed by atoms with E-state index >= 15 is 0 Å². The molecule has 0 spiro atoms. The van der Waals surface area contributed by atoms with E-state index in [4.69, 9.17) is 4.74 Å². The van der Waals surface area contributed by atoms with E-state index in [1.165, 1.54) is 24.3 Å². The molecule has 0 bridgehead atoms. The standard InChI is InChI=1S/C18H14F2O3/c19-18(20)8-14-13-7-12(22)5-6-16(13)23-17(15(14)9-18)10-1-3-11(21)4-2-10/h1-7,9,14,17,21-22H,8H2/t14-,17?/m1/s1. The molecule has 2 atom stereocenters. The highest BCUT2D eigenvalue weighted by Gasteiger charge is 2.46. The molecule has 1 aliphatic carbocycles. The van der Waals surface area contributed by atoms with Crippen LogP contribution in [0.25, 0.3) is 0 Å². The molecule has 2 aromatic rings. The smallest absolute Gasteiger partial charge is 0.267 e. The van der Waals surface area contributed by atoms with Crippen molar-refractivity contribution in [2.45, 2.75) is 24.4 Å². The molecule has 5 heteroatoms. The van der Waals surface area contributed by atoms with Crippen LogP contribution in [0, 0.1) is 0 Å². The molecule has 0 saturated carbocycles. The monoisotopic (exact) mass is 316 g/mol. The van der Waals surface area contributed by atoms with Gasteiger partial charge in [0.25, 0.3) is 5.92 Å². The van der Waals surface area contributed by atoms with Gasteiger partial charge in [-0.3, -0.25) is 0 Å². The summed E-state index contributed by atoms with van der Waals surface area (Å²) < 4.78 is 33.8. The van der Waals surface area contributed by atoms with Crippen molar-refractivity contribution in [3.63, 3.8) is 0 Å². The van der Waals surface area contributed by atoms with E-state index < -0.39 is 17.9 Å². The Hall–Kier alpha value is -2.56. The second-order valence-corrected chi connectivity index (χ2v) is 5.97. The van der Waals surface area contributed by atoms with Crippen LogP contribution in [0.1, 0.15) is 29.6 Å². The molecule has 0 radical (unpaired) electrons. The van der Waals surface area contributed by atoms with Crippen molar-refractivity contribution in [2.24, 2.45) is 0 Å². The first-order valence-corrected chi connectivity index (χ1v) is 7.32. The fourth-order valence-corrected chi connectivity index (χ4v) is 3.36. The largest absolute Gasteiger partial charge is 0.508 e. The number of rotatable bonds is 1. The third kappa shape index (κ3) is 2.32. The van der Waals surface area contributed by atoms with Gasteiger partial charge >= 0.3 is 0 Å². The number of phenols is 2. The van der Waals surface area contributed by atoms with Crippen LogP contribution in [0.2, 0.25) is 0 Å². The molecule has 4 rings (SSSR count). The van der Waals surface area contributed by atoms with Gasteiger partial charge in [0.1, 0.15) is 23.4 Å². The molecule has 2 aliphatic rings. The fourth-order valence-electron chi connectivity index (χ4n) is 3.36. The summed E-state index contributed by atoms with van der Waals surface area (Å²) in [5, 5.41) is 19.1. The first-order valence-electron chi connectivity index (χ1n) is 7.32. The van der Waals surface area contributed by atoms with Gasteiger partial charge in [-0.2, -0.15) is 0 Å². The van der Waals surface area contributed by atoms with Gasteiger partial charge in [0.15, 0.2) is 0 Å². The second-order valence-electron chi connectivity index (χ2n) is 5.97. The molecular formula is C18H14F2O3. The van der Waals surface area contributed by atoms with Crippen LogP contribution < -0.4 is 4.74 Å². The maximum Gasteiger partial charge on any atom is 0.267 e. The van der Waals surface area contributed by atoms with E-state index in [2.05, 4.69) is 0 Å². The minimum atomic E-state index is -2.90. The fraction of sp³-hybridized carbons (Fsp3) is 0.222. The Kier molecular flexibility index (Phi) is 2.88. The predicted octanol–water partition coefficient (Wildman–Crippen LogP) is 4.28. The summed E-state index contributed by atoms with van der Waals surface area (Å²) in [5.74, 6) is -2.74. The molecule has 1 unspecified atom stereocenters. The number of allylic oxidation sites excluding steroid dienone is 1. The van der Waals surface area contributed by atoms with Crippen LogP contribution in [0.4, 0.5) is 8.78 Å². The topological polar surface area (TPSA) is 49.7 Å². The summed E-state index contributed by atoms with van der Waals surface area (Å²) in [6.45, 7) is 0. The molecule has 23 heavy (non-hydrogen) atoms. The zero-order valence-electron chi connectivity index (χ0n) is 12.0. The zero-order chi connectivity index (χ0) is 16.2. The van der Waals surface area contributed by atoms with Crippen LogP contribution in [0.15, 0.2) is 54.1 Å². The highest BCUT2D eigenvalue weighted by atomic mass is 19.3. The third-order valence-electron chi connectivity index (χ3n) is 4.37. The highest BCUT2D eigenvalue weighted by Crippen LogP contribution is 2.55. The number of aromatic hydroxyl groups is 2. The number of fused-ring (bicyclic) bond motifs is 3. The molecular weight excluding hydrogens is 302 g/mol. The maximum absolute atomic E-state index is 14.0. The van der Waals surface area contributed by atoms with Crippen molar-refractivity contribution in [2.75, 3.05) is 0 Å². The SMILES string of the molecule is Oc1ccc(C2Oc3ccc(O)cc3[C@H]3CC(F)(F)C=C23)cc1. The summed E-state index contributed by atoms with van der Waals surface area (Å²) in [6.07, 6.45) is 0.0323. The second kappa shape index (κ2) is 4.72. The van der Waals surface area contributed by atoms with Crippen LogP contribution in [0.5, 0.6) is 17.2 Å². The Morgan fingerprint density at radius 2 is 1.70 bits per heavy atom. The number of hydrogen-bond acceptors (Lipinski definition) is 3. The van der Waals surface area contributed by atoms with Gasteiger partial charge in [-0.25, -0.2) is 8.78 Å². The van der Waals surface area contributed by atoms with Crippen molar-refractivity contribution in [3.05, 3.63) is 65.2 Å². The van der Waals surface area contributed by atoms with Crippen molar-refractivity contribution in [1.29, 1.82) is 0 Å². The number of hydrogen-bond donors (Lipinski definition) is 2. The number of alkyl halides is 2. The Morgan fingerprint density at radius 1 is 1.00 bits per heavy atom. The van der Waals surface area contributed by atoms with E-state index in [0.717, 1.165) is 6.08 Å². The predicted molar refractivity (Wildman–Crippen MR) is 80.0 cm³/mol. The average molecular weight is 316 g/mol. The Labute approximate surface area is 131 Å². The van der Waals surface area contributed by atoms with E-state index in [-0.39, 0.29) is 17.9 Å². The quantitative estimate of drug-likeness (QED) is 0.772. The minimum Gasteiger partial charge on any atom is -0.508 e. The van der Waals surface area contributed by atoms with Gasteiger partial charge in [-0.15, -0.1) is 0 Å². The number of phenolic OH excluding ortho intramolecular Hbond substituents is 2. The van der Waals surface area contributed by atoms with Gasteiger partial charge in [0, 0.05) is 17.9 Å². The van der Waals surface area contributed by atoms with Crippen LogP contribution >= 0.6 is 0 Å². The number of ether oxygens (including phenoxy) is 1. The molecule has 0 fully saturated rings. The minimum absolute atomic E-state index is 0.0324. The Balaban J connectivity index is 1.84. The van der Waals surface area contributed by atoms with Crippen LogP contribution in [-0.4, -0.2) is 16.1 Å². The Bertz CT molecular complexity index is 796. The van der Waals surface area contributed by atoms with Crippen molar-refractivity contribution in [1.82, 2.24) is 0 Å². The van der Waals surface area contributed by atoms with E-state index in [0.29, 0.717) is 22.4 Å². The normalized spacial score (nSPS) is 24.3. The first-order chi connectivity index (χ1) is 10.9. The van der Waals surface area contributed by atoms with Crippen molar-refractivity contribution < 1.29 is 23.7 Å². The molecule has 0 saturated heterocycles. The molecule has 0 amide bonds. The molecule has 0 aromatic heterocycles. The van der Waals surface area contributed by atoms with Crippen molar-refractivity contribution in [3.8, 4) is 17.2 Å². The molecule has 3 nitrogen and oxygen atoms in total. The lowest BCUT2D eigenvalue weighted by atomic mass is 9.84. The summed E-state index contributed by atoms with van der Waals surface area (Å²) >= 11 is 0. The van der Waals surface area contributed by atoms with Crippen LogP contribution in [-0.2, 0) is 0 Å². The molecule has 1 heterocycles. The first kappa shape index (κ1) is 14.1. The van der Waals surface area contributed by atoms with E-state index in [1.54, 1.807) is 18.2 Å². The summed E-state index contributed by atoms with van der Waals surface area (Å²) in [6, 6.07) is 10.9. The van der Waals surface area contributed by atoms with E-state index in [1.807, 2.05) is 0 Å². The van der Waals surface area contributed by atoms with Gasteiger partial charge < -0.3 is 14.9 Å². The number of benzene rings is 2. The zero-order valence-corrected chi connectivity index (χ0v) is 12.0. The maximum atomic E-state index is 14.0. The molecule has 2 aromatic carbocycles. The van der Waals surface area contributed by atoms with E-state index in [9.17, 15) is 19.0 Å². The Morgan fingerprint density at radius 3 is 2.43 bits per heavy atom. The van der Waals surface area contributed by atoms with Crippen LogP contribution in [0.3, 0.4) is 0 Å². The summed E-state index contributed by atoms with van der Waals surface area (Å²) in [5.41, 5.74) is 1.79.